The maximum Gasteiger partial charge on any atom is 0.0920 e. The molecule has 4 heteroatoms. The van der Waals surface area contributed by atoms with E-state index < -0.39 is 0 Å². The van der Waals surface area contributed by atoms with Crippen LogP contribution in [-0.2, 0) is 0 Å². The van der Waals surface area contributed by atoms with Gasteiger partial charge >= 0.3 is 0 Å². The van der Waals surface area contributed by atoms with E-state index in [1.165, 1.54) is 0 Å². The maximum absolute atomic E-state index is 4.13. The Bertz CT molecular complexity index is 388. The summed E-state index contributed by atoms with van der Waals surface area (Å²) in [7, 11) is 0. The van der Waals surface area contributed by atoms with Crippen molar-refractivity contribution in [3.63, 3.8) is 0 Å². The van der Waals surface area contributed by atoms with Crippen molar-refractivity contribution in [1.82, 2.24) is 15.2 Å². The average molecular weight is 210 g/mol. The van der Waals surface area contributed by atoms with E-state index in [-0.39, 0.29) is 0 Å². The highest BCUT2D eigenvalue weighted by Gasteiger charge is 1.93. The number of fused-ring (bicyclic) bond motifs is 1. The van der Waals surface area contributed by atoms with Crippen molar-refractivity contribution < 1.29 is 0 Å². The molecule has 0 radical (unpaired) electrons. The highest BCUT2D eigenvalue weighted by atomic mass is 79.9. The van der Waals surface area contributed by atoms with Crippen molar-refractivity contribution in [1.29, 1.82) is 0 Å². The van der Waals surface area contributed by atoms with Crippen LogP contribution in [0.25, 0.3) is 10.9 Å². The van der Waals surface area contributed by atoms with E-state index in [1.807, 2.05) is 6.07 Å². The highest BCUT2D eigenvalue weighted by molar-refractivity contribution is 9.10. The molecule has 0 N–H and O–H groups in total. The van der Waals surface area contributed by atoms with E-state index in [2.05, 4.69) is 31.1 Å². The van der Waals surface area contributed by atoms with Crippen LogP contribution < -0.4 is 0 Å². The van der Waals surface area contributed by atoms with Crippen molar-refractivity contribution in [3.8, 4) is 0 Å². The summed E-state index contributed by atoms with van der Waals surface area (Å²) in [6, 6.07) is 1.96. The minimum absolute atomic E-state index is 0.864. The van der Waals surface area contributed by atoms with Gasteiger partial charge in [-0.2, -0.15) is 10.2 Å². The van der Waals surface area contributed by atoms with Crippen LogP contribution >= 0.6 is 15.9 Å². The lowest BCUT2D eigenvalue weighted by Gasteiger charge is -1.93. The Balaban J connectivity index is 2.83. The van der Waals surface area contributed by atoms with Gasteiger partial charge in [-0.1, -0.05) is 0 Å². The predicted molar refractivity (Wildman–Crippen MR) is 45.0 cm³/mol. The largest absolute Gasteiger partial charge is 0.253 e. The van der Waals surface area contributed by atoms with Crippen molar-refractivity contribution in [2.45, 2.75) is 0 Å². The Morgan fingerprint density at radius 2 is 1.91 bits per heavy atom. The zero-order valence-electron chi connectivity index (χ0n) is 5.53. The smallest absolute Gasteiger partial charge is 0.0920 e. The van der Waals surface area contributed by atoms with Crippen LogP contribution in [0.4, 0.5) is 0 Å². The molecule has 0 aliphatic carbocycles. The molecule has 0 aromatic carbocycles. The third-order valence-corrected chi connectivity index (χ3v) is 1.79. The number of halogens is 1. The molecule has 0 aliphatic heterocycles. The first-order chi connectivity index (χ1) is 5.36. The average Bonchev–Trinajstić information content (AvgIpc) is 2.04. The Morgan fingerprint density at radius 3 is 2.82 bits per heavy atom. The van der Waals surface area contributed by atoms with E-state index in [4.69, 9.17) is 0 Å². The molecule has 2 heterocycles. The SMILES string of the molecule is Brc1cnc2cnncc2c1. The minimum atomic E-state index is 0.864. The Hall–Kier alpha value is -1.03. The predicted octanol–water partition coefficient (Wildman–Crippen LogP) is 1.79. The molecule has 0 spiro atoms. The summed E-state index contributed by atoms with van der Waals surface area (Å²) in [5, 5.41) is 8.45. The summed E-state index contributed by atoms with van der Waals surface area (Å²) in [6.07, 6.45) is 5.07. The zero-order valence-corrected chi connectivity index (χ0v) is 7.12. The Labute approximate surface area is 71.6 Å². The van der Waals surface area contributed by atoms with Crippen LogP contribution in [0.1, 0.15) is 0 Å². The second kappa shape index (κ2) is 2.54. The summed E-state index contributed by atoms with van der Waals surface area (Å²) >= 11 is 3.32. The molecule has 54 valence electrons. The van der Waals surface area contributed by atoms with Crippen molar-refractivity contribution in [3.05, 3.63) is 29.1 Å². The van der Waals surface area contributed by atoms with Crippen molar-refractivity contribution in [2.75, 3.05) is 0 Å². The van der Waals surface area contributed by atoms with Gasteiger partial charge in [-0.05, 0) is 22.0 Å². The fraction of sp³-hybridized carbons (Fsp3) is 0. The molecule has 0 aliphatic rings. The number of pyridine rings is 1. The van der Waals surface area contributed by atoms with Gasteiger partial charge in [0, 0.05) is 16.1 Å². The third kappa shape index (κ3) is 1.21. The van der Waals surface area contributed by atoms with E-state index in [9.17, 15) is 0 Å². The van der Waals surface area contributed by atoms with Crippen LogP contribution in [0.2, 0.25) is 0 Å². The van der Waals surface area contributed by atoms with E-state index in [0.717, 1.165) is 15.4 Å². The summed E-state index contributed by atoms with van der Waals surface area (Å²) < 4.78 is 0.956. The second-order valence-corrected chi connectivity index (χ2v) is 3.03. The summed E-state index contributed by atoms with van der Waals surface area (Å²) in [5.74, 6) is 0. The summed E-state index contributed by atoms with van der Waals surface area (Å²) in [5.41, 5.74) is 0.864. The molecule has 0 unspecified atom stereocenters. The van der Waals surface area contributed by atoms with Gasteiger partial charge in [0.1, 0.15) is 0 Å². The second-order valence-electron chi connectivity index (χ2n) is 2.12. The van der Waals surface area contributed by atoms with E-state index in [1.54, 1.807) is 18.6 Å². The number of hydrogen-bond donors (Lipinski definition) is 0. The van der Waals surface area contributed by atoms with Gasteiger partial charge in [-0.3, -0.25) is 4.98 Å². The lowest BCUT2D eigenvalue weighted by molar-refractivity contribution is 1.04. The minimum Gasteiger partial charge on any atom is -0.253 e. The van der Waals surface area contributed by atoms with E-state index >= 15 is 0 Å². The van der Waals surface area contributed by atoms with Crippen molar-refractivity contribution in [2.24, 2.45) is 0 Å². The van der Waals surface area contributed by atoms with Crippen LogP contribution in [0, 0.1) is 0 Å². The van der Waals surface area contributed by atoms with Gasteiger partial charge in [-0.15, -0.1) is 0 Å². The maximum atomic E-state index is 4.13. The number of rotatable bonds is 0. The molecule has 0 amide bonds. The molecule has 0 saturated carbocycles. The standard InChI is InChI=1S/C7H4BrN3/c8-6-1-5-2-10-11-4-7(5)9-3-6/h1-4H. The topological polar surface area (TPSA) is 38.7 Å². The first-order valence-electron chi connectivity index (χ1n) is 3.08. The monoisotopic (exact) mass is 209 g/mol. The fourth-order valence-corrected chi connectivity index (χ4v) is 1.21. The zero-order chi connectivity index (χ0) is 7.68. The van der Waals surface area contributed by atoms with Gasteiger partial charge in [0.05, 0.1) is 17.9 Å². The molecule has 2 aromatic rings. The molecular formula is C7H4BrN3. The van der Waals surface area contributed by atoms with Crippen LogP contribution in [0.3, 0.4) is 0 Å². The van der Waals surface area contributed by atoms with E-state index in [0.29, 0.717) is 0 Å². The van der Waals surface area contributed by atoms with Crippen LogP contribution in [0.15, 0.2) is 29.1 Å². The number of nitrogens with zero attached hydrogens (tertiary/aromatic N) is 3. The van der Waals surface area contributed by atoms with Crippen molar-refractivity contribution >= 4 is 26.8 Å². The molecule has 0 saturated heterocycles. The molecule has 0 atom stereocenters. The molecule has 2 aromatic heterocycles. The van der Waals surface area contributed by atoms with Gasteiger partial charge in [0.25, 0.3) is 0 Å². The highest BCUT2D eigenvalue weighted by Crippen LogP contribution is 2.14. The van der Waals surface area contributed by atoms with Gasteiger partial charge < -0.3 is 0 Å². The molecule has 3 nitrogen and oxygen atoms in total. The molecule has 2 rings (SSSR count). The quantitative estimate of drug-likeness (QED) is 0.665. The van der Waals surface area contributed by atoms with Crippen LogP contribution in [0.5, 0.6) is 0 Å². The summed E-state index contributed by atoms with van der Waals surface area (Å²) in [4.78, 5) is 4.13. The molecule has 11 heavy (non-hydrogen) atoms. The molecular weight excluding hydrogens is 206 g/mol. The first kappa shape index (κ1) is 6.67. The summed E-state index contributed by atoms with van der Waals surface area (Å²) in [6.45, 7) is 0. The number of hydrogen-bond acceptors (Lipinski definition) is 3. The third-order valence-electron chi connectivity index (χ3n) is 1.36. The normalized spacial score (nSPS) is 10.3. The fourth-order valence-electron chi connectivity index (χ4n) is 0.860. The van der Waals surface area contributed by atoms with Crippen LogP contribution in [-0.4, -0.2) is 15.2 Å². The lowest BCUT2D eigenvalue weighted by atomic mass is 10.3. The Morgan fingerprint density at radius 1 is 1.09 bits per heavy atom. The number of aromatic nitrogens is 3. The Kier molecular flexibility index (Phi) is 1.54. The van der Waals surface area contributed by atoms with Gasteiger partial charge in [0.2, 0.25) is 0 Å². The van der Waals surface area contributed by atoms with Gasteiger partial charge in [0.15, 0.2) is 0 Å². The lowest BCUT2D eigenvalue weighted by Crippen LogP contribution is -1.82. The molecule has 0 bridgehead atoms. The first-order valence-corrected chi connectivity index (χ1v) is 3.87. The molecule has 0 fully saturated rings. The van der Waals surface area contributed by atoms with Gasteiger partial charge in [-0.25, -0.2) is 0 Å².